The van der Waals surface area contributed by atoms with Crippen molar-refractivity contribution in [2.75, 3.05) is 6.79 Å². The Morgan fingerprint density at radius 3 is 1.15 bits per heavy atom. The van der Waals surface area contributed by atoms with Crippen LogP contribution in [0.3, 0.4) is 0 Å². The second-order valence-corrected chi connectivity index (χ2v) is 15.6. The summed E-state index contributed by atoms with van der Waals surface area (Å²) in [6.07, 6.45) is 32.6. The van der Waals surface area contributed by atoms with Gasteiger partial charge in [-0.2, -0.15) is 0 Å². The molecule has 0 aromatic rings. The smallest absolute Gasteiger partial charge is 0.308 e. The molecule has 0 fully saturated rings. The van der Waals surface area contributed by atoms with Crippen LogP contribution in [0.4, 0.5) is 0 Å². The standard InChI is InChI=1S/C47H80O12/c1-3-5-7-21-29-40(58-46(54)37-27-33-42(48)49)31-23-17-13-9-11-15-19-25-35-44(52)56-39-57-45(53)36-26-20-16-12-10-14-18-24-32-41(30-22-8-6-4-2)59-47(55)38-28-34-43(50)51/h17-18,23-24,40-41H,3-16,19-22,25-39H2,1-2H3,(H,48,49)(H,50,51)/b23-17-,24-18-. The van der Waals surface area contributed by atoms with Crippen LogP contribution in [0.25, 0.3) is 0 Å². The van der Waals surface area contributed by atoms with Gasteiger partial charge in [0.05, 0.1) is 0 Å². The molecule has 12 heteroatoms. The number of esters is 4. The quantitative estimate of drug-likeness (QED) is 0.0196. The number of ether oxygens (including phenoxy) is 4. The molecule has 0 aromatic carbocycles. The van der Waals surface area contributed by atoms with Crippen molar-refractivity contribution in [3.8, 4) is 0 Å². The van der Waals surface area contributed by atoms with E-state index >= 15 is 0 Å². The van der Waals surface area contributed by atoms with Crippen LogP contribution in [-0.2, 0) is 47.7 Å². The van der Waals surface area contributed by atoms with Crippen LogP contribution in [0, 0.1) is 0 Å². The Morgan fingerprint density at radius 2 is 0.763 bits per heavy atom. The summed E-state index contributed by atoms with van der Waals surface area (Å²) < 4.78 is 21.4. The Bertz CT molecular complexity index is 1080. The zero-order valence-electron chi connectivity index (χ0n) is 36.8. The molecule has 0 spiro atoms. The Hall–Kier alpha value is -3.70. The highest BCUT2D eigenvalue weighted by atomic mass is 16.7. The van der Waals surface area contributed by atoms with Gasteiger partial charge in [0.2, 0.25) is 6.79 Å². The zero-order valence-corrected chi connectivity index (χ0v) is 36.8. The molecule has 2 N–H and O–H groups in total. The summed E-state index contributed by atoms with van der Waals surface area (Å²) in [6.45, 7) is 3.97. The molecular formula is C47H80O12. The minimum absolute atomic E-state index is 0.0310. The van der Waals surface area contributed by atoms with Crippen molar-refractivity contribution in [2.45, 2.75) is 232 Å². The van der Waals surface area contributed by atoms with Crippen LogP contribution in [0.5, 0.6) is 0 Å². The summed E-state index contributed by atoms with van der Waals surface area (Å²) in [5, 5.41) is 17.6. The van der Waals surface area contributed by atoms with Gasteiger partial charge >= 0.3 is 35.8 Å². The van der Waals surface area contributed by atoms with E-state index in [1.165, 1.54) is 0 Å². The molecule has 0 amide bonds. The lowest BCUT2D eigenvalue weighted by Crippen LogP contribution is -2.18. The molecule has 340 valence electrons. The fraction of sp³-hybridized carbons (Fsp3) is 0.787. The molecule has 0 aromatic heterocycles. The minimum Gasteiger partial charge on any atom is -0.481 e. The summed E-state index contributed by atoms with van der Waals surface area (Å²) in [5.74, 6) is -3.19. The molecule has 0 saturated carbocycles. The van der Waals surface area contributed by atoms with Crippen LogP contribution in [0.15, 0.2) is 24.3 Å². The number of hydrogen-bond acceptors (Lipinski definition) is 10. The highest BCUT2D eigenvalue weighted by Gasteiger charge is 2.15. The molecule has 0 bridgehead atoms. The van der Waals surface area contributed by atoms with Gasteiger partial charge in [0.15, 0.2) is 0 Å². The van der Waals surface area contributed by atoms with Crippen molar-refractivity contribution in [3.63, 3.8) is 0 Å². The lowest BCUT2D eigenvalue weighted by atomic mass is 10.1. The van der Waals surface area contributed by atoms with Crippen LogP contribution >= 0.6 is 0 Å². The van der Waals surface area contributed by atoms with E-state index in [-0.39, 0.29) is 68.6 Å². The molecule has 0 rings (SSSR count). The normalized spacial score (nSPS) is 12.4. The summed E-state index contributed by atoms with van der Waals surface area (Å²) in [7, 11) is 0. The fourth-order valence-electron chi connectivity index (χ4n) is 6.47. The Morgan fingerprint density at radius 1 is 0.407 bits per heavy atom. The van der Waals surface area contributed by atoms with Crippen molar-refractivity contribution < 1.29 is 57.9 Å². The van der Waals surface area contributed by atoms with Crippen LogP contribution in [-0.4, -0.2) is 65.0 Å². The first kappa shape index (κ1) is 55.3. The number of carbonyl (C=O) groups is 6. The molecule has 0 radical (unpaired) electrons. The monoisotopic (exact) mass is 837 g/mol. The number of aliphatic carboxylic acids is 2. The van der Waals surface area contributed by atoms with Crippen LogP contribution in [0.1, 0.15) is 219 Å². The summed E-state index contributed by atoms with van der Waals surface area (Å²) in [6, 6.07) is 0. The average molecular weight is 837 g/mol. The average Bonchev–Trinajstić information content (AvgIpc) is 3.18. The van der Waals surface area contributed by atoms with Crippen molar-refractivity contribution in [2.24, 2.45) is 0 Å². The first-order valence-corrected chi connectivity index (χ1v) is 23.0. The predicted molar refractivity (Wildman–Crippen MR) is 229 cm³/mol. The fourth-order valence-corrected chi connectivity index (χ4v) is 6.47. The first-order valence-electron chi connectivity index (χ1n) is 23.0. The van der Waals surface area contributed by atoms with E-state index in [0.717, 1.165) is 141 Å². The third kappa shape index (κ3) is 40.8. The Kier molecular flexibility index (Phi) is 38.5. The number of carbonyl (C=O) groups excluding carboxylic acids is 4. The van der Waals surface area contributed by atoms with E-state index in [0.29, 0.717) is 38.5 Å². The molecule has 0 aliphatic carbocycles. The number of allylic oxidation sites excluding steroid dienone is 2. The van der Waals surface area contributed by atoms with Crippen molar-refractivity contribution >= 4 is 35.8 Å². The van der Waals surface area contributed by atoms with Crippen molar-refractivity contribution in [1.29, 1.82) is 0 Å². The largest absolute Gasteiger partial charge is 0.481 e. The van der Waals surface area contributed by atoms with Crippen molar-refractivity contribution in [1.82, 2.24) is 0 Å². The molecule has 0 aliphatic heterocycles. The van der Waals surface area contributed by atoms with Gasteiger partial charge in [-0.3, -0.25) is 28.8 Å². The zero-order chi connectivity index (χ0) is 43.6. The third-order valence-electron chi connectivity index (χ3n) is 9.97. The van der Waals surface area contributed by atoms with Crippen LogP contribution < -0.4 is 0 Å². The SMILES string of the molecule is CCCCCCC(C/C=C\CCCCCCCC(=O)OCOC(=O)CCCCCCC/C=C\CC(CCCCCC)OC(=O)CCCC(=O)O)OC(=O)CCCC(=O)O. The topological polar surface area (TPSA) is 180 Å². The van der Waals surface area contributed by atoms with Gasteiger partial charge in [-0.25, -0.2) is 0 Å². The van der Waals surface area contributed by atoms with Crippen LogP contribution in [0.2, 0.25) is 0 Å². The summed E-state index contributed by atoms with van der Waals surface area (Å²) >= 11 is 0. The molecule has 2 atom stereocenters. The lowest BCUT2D eigenvalue weighted by Gasteiger charge is -2.16. The van der Waals surface area contributed by atoms with Crippen molar-refractivity contribution in [3.05, 3.63) is 24.3 Å². The number of hydrogen-bond donors (Lipinski definition) is 2. The Labute approximate surface area is 355 Å². The third-order valence-corrected chi connectivity index (χ3v) is 9.97. The summed E-state index contributed by atoms with van der Waals surface area (Å²) in [4.78, 5) is 69.8. The number of unbranched alkanes of at least 4 members (excludes halogenated alkanes) is 16. The number of carboxylic acids is 2. The molecular weight excluding hydrogens is 757 g/mol. The molecule has 0 heterocycles. The maximum Gasteiger partial charge on any atom is 0.308 e. The second kappa shape index (κ2) is 41.1. The van der Waals surface area contributed by atoms with Gasteiger partial charge < -0.3 is 29.2 Å². The highest BCUT2D eigenvalue weighted by molar-refractivity contribution is 5.72. The predicted octanol–water partition coefficient (Wildman–Crippen LogP) is 11.7. The van der Waals surface area contributed by atoms with E-state index < -0.39 is 11.9 Å². The molecule has 0 aliphatic rings. The number of rotatable bonds is 42. The Balaban J connectivity index is 3.95. The van der Waals surface area contributed by atoms with Gasteiger partial charge in [-0.15, -0.1) is 0 Å². The van der Waals surface area contributed by atoms with E-state index in [1.807, 2.05) is 0 Å². The first-order chi connectivity index (χ1) is 28.6. The van der Waals surface area contributed by atoms with Gasteiger partial charge in [-0.05, 0) is 77.0 Å². The van der Waals surface area contributed by atoms with Gasteiger partial charge in [-0.1, -0.05) is 115 Å². The van der Waals surface area contributed by atoms with E-state index in [2.05, 4.69) is 38.2 Å². The minimum atomic E-state index is -0.906. The van der Waals surface area contributed by atoms with E-state index in [4.69, 9.17) is 29.2 Å². The molecule has 0 saturated heterocycles. The number of carboxylic acid groups (broad SMARTS) is 2. The van der Waals surface area contributed by atoms with E-state index in [1.54, 1.807) is 0 Å². The second-order valence-electron chi connectivity index (χ2n) is 15.6. The van der Waals surface area contributed by atoms with E-state index in [9.17, 15) is 28.8 Å². The molecule has 59 heavy (non-hydrogen) atoms. The highest BCUT2D eigenvalue weighted by Crippen LogP contribution is 2.17. The summed E-state index contributed by atoms with van der Waals surface area (Å²) in [5.41, 5.74) is 0. The van der Waals surface area contributed by atoms with Gasteiger partial charge in [0.25, 0.3) is 0 Å². The van der Waals surface area contributed by atoms with Gasteiger partial charge in [0.1, 0.15) is 12.2 Å². The molecule has 2 unspecified atom stereocenters. The van der Waals surface area contributed by atoms with Gasteiger partial charge in [0, 0.05) is 51.4 Å². The lowest BCUT2D eigenvalue weighted by molar-refractivity contribution is -0.167. The molecule has 12 nitrogen and oxygen atoms in total. The maximum absolute atomic E-state index is 12.2. The maximum atomic E-state index is 12.2.